The molecule has 0 saturated heterocycles. The van der Waals surface area contributed by atoms with Crippen molar-refractivity contribution in [3.05, 3.63) is 63.3 Å². The first-order chi connectivity index (χ1) is 12.9. The number of benzene rings is 1. The van der Waals surface area contributed by atoms with E-state index >= 15 is 0 Å². The third-order valence-corrected chi connectivity index (χ3v) is 4.57. The predicted molar refractivity (Wildman–Crippen MR) is 93.1 cm³/mol. The van der Waals surface area contributed by atoms with Gasteiger partial charge in [-0.3, -0.25) is 4.79 Å². The summed E-state index contributed by atoms with van der Waals surface area (Å²) in [7, 11) is 1.59. The van der Waals surface area contributed by atoms with Gasteiger partial charge in [-0.25, -0.2) is 9.37 Å². The van der Waals surface area contributed by atoms with Gasteiger partial charge in [0.2, 0.25) is 0 Å². The standard InChI is InChI=1S/C18H17F4N5O/c1-9-23-8-11(15(28)24-9)14-25-26-16(27(14)4)17(2,3)12-6-5-10(7-13(12)19)18(20,21)22/h5-8H,1-4H3,(H,23,24,28). The molecule has 0 spiro atoms. The summed E-state index contributed by atoms with van der Waals surface area (Å²) < 4.78 is 54.4. The van der Waals surface area contributed by atoms with Crippen molar-refractivity contribution in [2.45, 2.75) is 32.4 Å². The summed E-state index contributed by atoms with van der Waals surface area (Å²) in [4.78, 5) is 18.8. The topological polar surface area (TPSA) is 76.5 Å². The number of aromatic nitrogens is 5. The summed E-state index contributed by atoms with van der Waals surface area (Å²) in [5, 5.41) is 8.06. The van der Waals surface area contributed by atoms with Gasteiger partial charge in [-0.1, -0.05) is 6.07 Å². The smallest absolute Gasteiger partial charge is 0.313 e. The van der Waals surface area contributed by atoms with Crippen LogP contribution in [-0.2, 0) is 18.6 Å². The van der Waals surface area contributed by atoms with Crippen molar-refractivity contribution in [2.24, 2.45) is 7.05 Å². The minimum Gasteiger partial charge on any atom is -0.313 e. The lowest BCUT2D eigenvalue weighted by molar-refractivity contribution is -0.137. The van der Waals surface area contributed by atoms with Crippen molar-refractivity contribution in [1.29, 1.82) is 0 Å². The van der Waals surface area contributed by atoms with E-state index in [0.29, 0.717) is 11.9 Å². The van der Waals surface area contributed by atoms with Crippen LogP contribution >= 0.6 is 0 Å². The van der Waals surface area contributed by atoms with E-state index in [-0.39, 0.29) is 22.8 Å². The van der Waals surface area contributed by atoms with Gasteiger partial charge in [-0.2, -0.15) is 13.2 Å². The number of rotatable bonds is 3. The van der Waals surface area contributed by atoms with Gasteiger partial charge in [0, 0.05) is 18.8 Å². The van der Waals surface area contributed by atoms with Crippen molar-refractivity contribution < 1.29 is 17.6 Å². The highest BCUT2D eigenvalue weighted by Crippen LogP contribution is 2.36. The molecule has 3 aromatic rings. The summed E-state index contributed by atoms with van der Waals surface area (Å²) in [6.07, 6.45) is -3.28. The Morgan fingerprint density at radius 1 is 1.14 bits per heavy atom. The number of nitrogens with one attached hydrogen (secondary N) is 1. The van der Waals surface area contributed by atoms with Crippen molar-refractivity contribution in [2.75, 3.05) is 0 Å². The first kappa shape index (κ1) is 19.7. The SMILES string of the molecule is Cc1ncc(-c2nnc(C(C)(C)c3ccc(C(F)(F)F)cc3F)n2C)c(=O)[nH]1. The second-order valence-corrected chi connectivity index (χ2v) is 6.94. The predicted octanol–water partition coefficient (Wildman–Crippen LogP) is 3.36. The van der Waals surface area contributed by atoms with Crippen LogP contribution in [0.1, 0.15) is 36.6 Å². The van der Waals surface area contributed by atoms with Crippen LogP contribution in [0.3, 0.4) is 0 Å². The molecule has 0 radical (unpaired) electrons. The average molecular weight is 395 g/mol. The molecule has 10 heteroatoms. The molecule has 0 fully saturated rings. The molecule has 1 aromatic carbocycles. The van der Waals surface area contributed by atoms with Gasteiger partial charge in [0.05, 0.1) is 11.0 Å². The number of aromatic amines is 1. The molecule has 1 N–H and O–H groups in total. The Morgan fingerprint density at radius 2 is 1.82 bits per heavy atom. The van der Waals surface area contributed by atoms with Crippen LogP contribution in [0.2, 0.25) is 0 Å². The fourth-order valence-corrected chi connectivity index (χ4v) is 3.07. The van der Waals surface area contributed by atoms with Crippen molar-refractivity contribution in [3.63, 3.8) is 0 Å². The molecular weight excluding hydrogens is 378 g/mol. The van der Waals surface area contributed by atoms with Gasteiger partial charge < -0.3 is 9.55 Å². The maximum atomic E-state index is 14.5. The third-order valence-electron chi connectivity index (χ3n) is 4.57. The van der Waals surface area contributed by atoms with Crippen LogP contribution in [0, 0.1) is 12.7 Å². The molecule has 0 saturated carbocycles. The van der Waals surface area contributed by atoms with Crippen LogP contribution in [0.5, 0.6) is 0 Å². The molecule has 0 aliphatic rings. The number of hydrogen-bond donors (Lipinski definition) is 1. The number of nitrogens with zero attached hydrogens (tertiary/aromatic N) is 4. The van der Waals surface area contributed by atoms with Gasteiger partial charge in [0.15, 0.2) is 5.82 Å². The van der Waals surface area contributed by atoms with Crippen LogP contribution < -0.4 is 5.56 Å². The minimum atomic E-state index is -4.64. The van der Waals surface area contributed by atoms with Gasteiger partial charge in [0.25, 0.3) is 5.56 Å². The summed E-state index contributed by atoms with van der Waals surface area (Å²) in [6.45, 7) is 4.86. The summed E-state index contributed by atoms with van der Waals surface area (Å²) in [5.74, 6) is -0.0761. The molecule has 2 heterocycles. The van der Waals surface area contributed by atoms with Crippen LogP contribution in [0.4, 0.5) is 17.6 Å². The zero-order chi connectivity index (χ0) is 20.9. The first-order valence-electron chi connectivity index (χ1n) is 8.26. The third kappa shape index (κ3) is 3.30. The lowest BCUT2D eigenvalue weighted by Crippen LogP contribution is -2.26. The monoisotopic (exact) mass is 395 g/mol. The highest BCUT2D eigenvalue weighted by Gasteiger charge is 2.36. The Hall–Kier alpha value is -3.04. The lowest BCUT2D eigenvalue weighted by atomic mass is 9.82. The Bertz CT molecular complexity index is 1100. The Labute approximate surface area is 157 Å². The second-order valence-electron chi connectivity index (χ2n) is 6.94. The number of H-pyrrole nitrogens is 1. The minimum absolute atomic E-state index is 0.0264. The van der Waals surface area contributed by atoms with Crippen LogP contribution in [0.15, 0.2) is 29.2 Å². The summed E-state index contributed by atoms with van der Waals surface area (Å²) in [5.41, 5.74) is -2.39. The number of alkyl halides is 3. The molecule has 6 nitrogen and oxygen atoms in total. The maximum absolute atomic E-state index is 14.5. The lowest BCUT2D eigenvalue weighted by Gasteiger charge is -2.25. The van der Waals surface area contributed by atoms with Gasteiger partial charge in [0.1, 0.15) is 23.0 Å². The molecule has 0 aliphatic carbocycles. The van der Waals surface area contributed by atoms with Crippen LogP contribution in [0.25, 0.3) is 11.4 Å². The fraction of sp³-hybridized carbons (Fsp3) is 0.333. The molecule has 148 valence electrons. The molecule has 0 unspecified atom stereocenters. The molecule has 3 rings (SSSR count). The van der Waals surface area contributed by atoms with Crippen molar-refractivity contribution in [3.8, 4) is 11.4 Å². The van der Waals surface area contributed by atoms with E-state index in [4.69, 9.17) is 0 Å². The number of halogens is 4. The summed E-state index contributed by atoms with van der Waals surface area (Å²) in [6, 6.07) is 2.38. The Morgan fingerprint density at radius 3 is 2.39 bits per heavy atom. The highest BCUT2D eigenvalue weighted by atomic mass is 19.4. The number of aryl methyl sites for hydroxylation is 1. The molecule has 0 aliphatic heterocycles. The Balaban J connectivity index is 2.09. The van der Waals surface area contributed by atoms with E-state index in [9.17, 15) is 22.4 Å². The van der Waals surface area contributed by atoms with Crippen molar-refractivity contribution >= 4 is 0 Å². The molecule has 0 bridgehead atoms. The molecule has 0 amide bonds. The second kappa shape index (κ2) is 6.54. The Kier molecular flexibility index (Phi) is 4.60. The van der Waals surface area contributed by atoms with E-state index < -0.39 is 28.5 Å². The van der Waals surface area contributed by atoms with E-state index in [1.807, 2.05) is 0 Å². The molecule has 28 heavy (non-hydrogen) atoms. The first-order valence-corrected chi connectivity index (χ1v) is 8.26. The van der Waals surface area contributed by atoms with Crippen LogP contribution in [-0.4, -0.2) is 24.7 Å². The van der Waals surface area contributed by atoms with Crippen molar-refractivity contribution in [1.82, 2.24) is 24.7 Å². The largest absolute Gasteiger partial charge is 0.416 e. The maximum Gasteiger partial charge on any atom is 0.416 e. The molecular formula is C18H17F4N5O. The average Bonchev–Trinajstić information content (AvgIpc) is 2.96. The normalized spacial score (nSPS) is 12.4. The van der Waals surface area contributed by atoms with E-state index in [2.05, 4.69) is 20.2 Å². The zero-order valence-corrected chi connectivity index (χ0v) is 15.5. The van der Waals surface area contributed by atoms with Gasteiger partial charge in [-0.15, -0.1) is 10.2 Å². The zero-order valence-electron chi connectivity index (χ0n) is 15.5. The van der Waals surface area contributed by atoms with E-state index in [0.717, 1.165) is 12.1 Å². The fourth-order valence-electron chi connectivity index (χ4n) is 3.07. The molecule has 0 atom stereocenters. The van der Waals surface area contributed by atoms with E-state index in [1.54, 1.807) is 27.8 Å². The van der Waals surface area contributed by atoms with Gasteiger partial charge in [-0.05, 0) is 32.9 Å². The number of hydrogen-bond acceptors (Lipinski definition) is 4. The van der Waals surface area contributed by atoms with E-state index in [1.165, 1.54) is 10.8 Å². The quantitative estimate of drug-likeness (QED) is 0.690. The molecule has 2 aromatic heterocycles. The summed E-state index contributed by atoms with van der Waals surface area (Å²) >= 11 is 0. The highest BCUT2D eigenvalue weighted by molar-refractivity contribution is 5.53. The van der Waals surface area contributed by atoms with Gasteiger partial charge >= 0.3 is 6.18 Å².